The van der Waals surface area contributed by atoms with E-state index in [2.05, 4.69) is 15.6 Å². The molecule has 1 aliphatic heterocycles. The van der Waals surface area contributed by atoms with Gasteiger partial charge in [-0.05, 0) is 38.3 Å². The summed E-state index contributed by atoms with van der Waals surface area (Å²) >= 11 is 0. The maximum absolute atomic E-state index is 14.7. The molecule has 1 atom stereocenters. The van der Waals surface area contributed by atoms with Crippen molar-refractivity contribution in [3.63, 3.8) is 0 Å². The lowest BCUT2D eigenvalue weighted by Gasteiger charge is -2.35. The molecule has 6 nitrogen and oxygen atoms in total. The molecular formula is C19H27F3N4O2. The Kier molecular flexibility index (Phi) is 6.32. The highest BCUT2D eigenvalue weighted by atomic mass is 19.3. The van der Waals surface area contributed by atoms with Gasteiger partial charge in [-0.2, -0.15) is 4.98 Å². The molecule has 2 aliphatic rings. The largest absolute Gasteiger partial charge is 0.481 e. The van der Waals surface area contributed by atoms with Crippen molar-refractivity contribution < 1.29 is 22.7 Å². The number of nitrogens with zero attached hydrogens (tertiary/aromatic N) is 2. The van der Waals surface area contributed by atoms with E-state index in [1.807, 2.05) is 0 Å². The fourth-order valence-electron chi connectivity index (χ4n) is 3.85. The normalized spacial score (nSPS) is 22.1. The van der Waals surface area contributed by atoms with Crippen LogP contribution in [-0.2, 0) is 11.3 Å². The number of alkyl halides is 2. The van der Waals surface area contributed by atoms with Crippen LogP contribution in [0.25, 0.3) is 0 Å². The SMILES string of the molecule is COc1nc(N(C)C2CCC(F)(F)CC2)c(F)cc1CNC(=O)[C@@H]1CCCN1. The van der Waals surface area contributed by atoms with Crippen LogP contribution in [0.1, 0.15) is 44.1 Å². The second kappa shape index (κ2) is 8.55. The fraction of sp³-hybridized carbons (Fsp3) is 0.684. The Balaban J connectivity index is 1.69. The zero-order valence-corrected chi connectivity index (χ0v) is 16.2. The summed E-state index contributed by atoms with van der Waals surface area (Å²) in [6.07, 6.45) is 1.86. The quantitative estimate of drug-likeness (QED) is 0.769. The zero-order valence-electron chi connectivity index (χ0n) is 16.2. The minimum absolute atomic E-state index is 0.0691. The third-order valence-electron chi connectivity index (χ3n) is 5.59. The predicted molar refractivity (Wildman–Crippen MR) is 99.2 cm³/mol. The van der Waals surface area contributed by atoms with Crippen molar-refractivity contribution in [3.05, 3.63) is 17.4 Å². The number of anilines is 1. The van der Waals surface area contributed by atoms with Crippen molar-refractivity contribution in [2.24, 2.45) is 0 Å². The number of rotatable bonds is 6. The van der Waals surface area contributed by atoms with Gasteiger partial charge >= 0.3 is 0 Å². The monoisotopic (exact) mass is 400 g/mol. The van der Waals surface area contributed by atoms with E-state index in [-0.39, 0.29) is 61.9 Å². The van der Waals surface area contributed by atoms with Gasteiger partial charge in [0.2, 0.25) is 17.7 Å². The van der Waals surface area contributed by atoms with E-state index in [4.69, 9.17) is 4.74 Å². The molecule has 2 heterocycles. The van der Waals surface area contributed by atoms with Gasteiger partial charge in [0.1, 0.15) is 0 Å². The van der Waals surface area contributed by atoms with Crippen LogP contribution in [0.5, 0.6) is 5.88 Å². The molecule has 1 aliphatic carbocycles. The summed E-state index contributed by atoms with van der Waals surface area (Å²) in [4.78, 5) is 18.0. The summed E-state index contributed by atoms with van der Waals surface area (Å²) < 4.78 is 46.8. The fourth-order valence-corrected chi connectivity index (χ4v) is 3.85. The highest BCUT2D eigenvalue weighted by Crippen LogP contribution is 2.36. The van der Waals surface area contributed by atoms with E-state index in [9.17, 15) is 18.0 Å². The van der Waals surface area contributed by atoms with Crippen LogP contribution in [-0.4, -0.2) is 49.6 Å². The molecule has 9 heteroatoms. The number of hydrogen-bond donors (Lipinski definition) is 2. The highest BCUT2D eigenvalue weighted by Gasteiger charge is 2.37. The number of methoxy groups -OCH3 is 1. The number of aromatic nitrogens is 1. The molecule has 1 aromatic rings. The number of amides is 1. The Morgan fingerprint density at radius 1 is 1.39 bits per heavy atom. The Morgan fingerprint density at radius 3 is 2.71 bits per heavy atom. The average molecular weight is 400 g/mol. The topological polar surface area (TPSA) is 66.5 Å². The summed E-state index contributed by atoms with van der Waals surface area (Å²) in [5.74, 6) is -3.06. The maximum atomic E-state index is 14.7. The molecule has 0 aromatic carbocycles. The van der Waals surface area contributed by atoms with Crippen molar-refractivity contribution in [2.45, 2.75) is 63.1 Å². The van der Waals surface area contributed by atoms with Gasteiger partial charge in [0, 0.05) is 38.0 Å². The number of ether oxygens (including phenoxy) is 1. The molecule has 0 spiro atoms. The van der Waals surface area contributed by atoms with E-state index in [1.165, 1.54) is 13.2 Å². The first-order valence-corrected chi connectivity index (χ1v) is 9.66. The van der Waals surface area contributed by atoms with Gasteiger partial charge in [-0.15, -0.1) is 0 Å². The van der Waals surface area contributed by atoms with Crippen molar-refractivity contribution in [2.75, 3.05) is 25.6 Å². The predicted octanol–water partition coefficient (Wildman–Crippen LogP) is 2.61. The maximum Gasteiger partial charge on any atom is 0.248 e. The van der Waals surface area contributed by atoms with E-state index < -0.39 is 11.7 Å². The number of pyridine rings is 1. The number of carbonyl (C=O) groups excluding carboxylic acids is 1. The molecular weight excluding hydrogens is 373 g/mol. The van der Waals surface area contributed by atoms with Gasteiger partial charge in [0.15, 0.2) is 11.6 Å². The van der Waals surface area contributed by atoms with E-state index >= 15 is 0 Å². The summed E-state index contributed by atoms with van der Waals surface area (Å²) in [6.45, 7) is 0.912. The number of halogens is 3. The summed E-state index contributed by atoms with van der Waals surface area (Å²) in [5.41, 5.74) is 0.429. The van der Waals surface area contributed by atoms with Gasteiger partial charge in [0.25, 0.3) is 0 Å². The molecule has 3 rings (SSSR count). The molecule has 28 heavy (non-hydrogen) atoms. The van der Waals surface area contributed by atoms with Gasteiger partial charge in [-0.25, -0.2) is 13.2 Å². The summed E-state index contributed by atoms with van der Waals surface area (Å²) in [7, 11) is 3.08. The van der Waals surface area contributed by atoms with Crippen LogP contribution in [0.2, 0.25) is 0 Å². The average Bonchev–Trinajstić information content (AvgIpc) is 3.20. The van der Waals surface area contributed by atoms with Gasteiger partial charge in [-0.3, -0.25) is 4.79 Å². The van der Waals surface area contributed by atoms with Crippen LogP contribution in [0.15, 0.2) is 6.07 Å². The second-order valence-electron chi connectivity index (χ2n) is 7.53. The number of nitrogens with one attached hydrogen (secondary N) is 2. The first-order chi connectivity index (χ1) is 13.3. The lowest BCUT2D eigenvalue weighted by molar-refractivity contribution is -0.122. The molecule has 1 amide bonds. The Hall–Kier alpha value is -2.03. The first-order valence-electron chi connectivity index (χ1n) is 9.66. The van der Waals surface area contributed by atoms with E-state index in [1.54, 1.807) is 11.9 Å². The molecule has 1 saturated heterocycles. The standard InChI is InChI=1S/C19H27F3N4O2/c1-26(13-5-7-19(21,22)8-6-13)16-14(20)10-12(18(25-16)28-2)11-24-17(27)15-4-3-9-23-15/h10,13,15,23H,3-9,11H2,1-2H3,(H,24,27)/t15-/m0/s1. The minimum atomic E-state index is -2.64. The Morgan fingerprint density at radius 2 is 2.11 bits per heavy atom. The van der Waals surface area contributed by atoms with Crippen LogP contribution >= 0.6 is 0 Å². The van der Waals surface area contributed by atoms with E-state index in [0.29, 0.717) is 5.56 Å². The number of carbonyl (C=O) groups is 1. The van der Waals surface area contributed by atoms with Crippen molar-refractivity contribution in [1.82, 2.24) is 15.6 Å². The van der Waals surface area contributed by atoms with Crippen molar-refractivity contribution >= 4 is 11.7 Å². The van der Waals surface area contributed by atoms with Crippen LogP contribution in [0, 0.1) is 5.82 Å². The third-order valence-corrected chi connectivity index (χ3v) is 5.59. The molecule has 1 aromatic heterocycles. The smallest absolute Gasteiger partial charge is 0.248 e. The molecule has 2 N–H and O–H groups in total. The molecule has 156 valence electrons. The summed E-state index contributed by atoms with van der Waals surface area (Å²) in [5, 5.41) is 5.88. The first kappa shape index (κ1) is 20.7. The minimum Gasteiger partial charge on any atom is -0.481 e. The van der Waals surface area contributed by atoms with Crippen LogP contribution < -0.4 is 20.3 Å². The summed E-state index contributed by atoms with van der Waals surface area (Å²) in [6, 6.07) is 0.862. The van der Waals surface area contributed by atoms with Gasteiger partial charge in [-0.1, -0.05) is 0 Å². The molecule has 0 radical (unpaired) electrons. The highest BCUT2D eigenvalue weighted by molar-refractivity contribution is 5.82. The Labute approximate surface area is 162 Å². The van der Waals surface area contributed by atoms with Crippen LogP contribution in [0.4, 0.5) is 19.0 Å². The molecule has 2 fully saturated rings. The molecule has 0 bridgehead atoms. The van der Waals surface area contributed by atoms with Crippen molar-refractivity contribution in [3.8, 4) is 5.88 Å². The lowest BCUT2D eigenvalue weighted by Crippen LogP contribution is -2.40. The molecule has 0 unspecified atom stereocenters. The lowest BCUT2D eigenvalue weighted by atomic mass is 9.91. The van der Waals surface area contributed by atoms with Crippen LogP contribution in [0.3, 0.4) is 0 Å². The van der Waals surface area contributed by atoms with Gasteiger partial charge in [0.05, 0.1) is 13.2 Å². The third kappa shape index (κ3) is 4.68. The number of hydrogen-bond acceptors (Lipinski definition) is 5. The Bertz CT molecular complexity index is 701. The van der Waals surface area contributed by atoms with Gasteiger partial charge < -0.3 is 20.3 Å². The second-order valence-corrected chi connectivity index (χ2v) is 7.53. The zero-order chi connectivity index (χ0) is 20.3. The van der Waals surface area contributed by atoms with Crippen molar-refractivity contribution in [1.29, 1.82) is 0 Å². The van der Waals surface area contributed by atoms with E-state index in [0.717, 1.165) is 19.4 Å². The molecule has 1 saturated carbocycles.